The normalized spacial score (nSPS) is 14.6. The Morgan fingerprint density at radius 3 is 2.14 bits per heavy atom. The van der Waals surface area contributed by atoms with Crippen LogP contribution in [0.5, 0.6) is 0 Å². The van der Waals surface area contributed by atoms with Crippen LogP contribution in [0.25, 0.3) is 0 Å². The second-order valence-corrected chi connectivity index (χ2v) is 7.57. The summed E-state index contributed by atoms with van der Waals surface area (Å²) in [5.41, 5.74) is -0.472. The zero-order valence-electron chi connectivity index (χ0n) is 12.6. The number of hydrogen-bond donors (Lipinski definition) is 1. The van der Waals surface area contributed by atoms with E-state index in [2.05, 4.69) is 9.46 Å². The molecule has 1 rings (SSSR count). The fourth-order valence-electron chi connectivity index (χ4n) is 1.55. The van der Waals surface area contributed by atoms with Crippen molar-refractivity contribution in [3.63, 3.8) is 0 Å². The molecule has 1 aromatic rings. The molecular formula is C14H19F2NO3S. The molecule has 0 heterocycles. The van der Waals surface area contributed by atoms with Crippen LogP contribution in [0.15, 0.2) is 12.1 Å². The monoisotopic (exact) mass is 319 g/mol. The minimum atomic E-state index is -1.38. The van der Waals surface area contributed by atoms with Crippen LogP contribution < -0.4 is 4.72 Å². The molecule has 21 heavy (non-hydrogen) atoms. The van der Waals surface area contributed by atoms with E-state index >= 15 is 0 Å². The van der Waals surface area contributed by atoms with Crippen LogP contribution in [0.1, 0.15) is 49.7 Å². The second kappa shape index (κ2) is 6.62. The molecule has 0 aliphatic rings. The molecular weight excluding hydrogens is 300 g/mol. The Labute approximate surface area is 125 Å². The highest BCUT2D eigenvalue weighted by Crippen LogP contribution is 2.22. The van der Waals surface area contributed by atoms with Crippen LogP contribution in [0.3, 0.4) is 0 Å². The maximum absolute atomic E-state index is 13.8. The summed E-state index contributed by atoms with van der Waals surface area (Å²) in [5, 5.41) is 0. The first-order valence-electron chi connectivity index (χ1n) is 6.33. The van der Waals surface area contributed by atoms with Gasteiger partial charge in [0, 0.05) is 6.04 Å². The SMILES string of the molecule is COC(=O)c1c(F)cc(C(C)N[S@](=O)C(C)(C)C)cc1F. The van der Waals surface area contributed by atoms with Crippen molar-refractivity contribution < 1.29 is 22.5 Å². The summed E-state index contributed by atoms with van der Waals surface area (Å²) in [4.78, 5) is 11.3. The highest BCUT2D eigenvalue weighted by atomic mass is 32.2. The molecule has 0 saturated heterocycles. The number of carbonyl (C=O) groups excluding carboxylic acids is 1. The van der Waals surface area contributed by atoms with Crippen molar-refractivity contribution >= 4 is 17.0 Å². The maximum atomic E-state index is 13.8. The zero-order chi connectivity index (χ0) is 16.4. The lowest BCUT2D eigenvalue weighted by molar-refractivity contribution is 0.0589. The van der Waals surface area contributed by atoms with Gasteiger partial charge in [0.2, 0.25) is 0 Å². The van der Waals surface area contributed by atoms with Gasteiger partial charge in [-0.1, -0.05) is 0 Å². The van der Waals surface area contributed by atoms with Gasteiger partial charge < -0.3 is 4.74 Å². The largest absolute Gasteiger partial charge is 0.465 e. The number of nitrogens with one attached hydrogen (secondary N) is 1. The number of rotatable bonds is 4. The zero-order valence-corrected chi connectivity index (χ0v) is 13.4. The van der Waals surface area contributed by atoms with Crippen molar-refractivity contribution in [1.82, 2.24) is 4.72 Å². The van der Waals surface area contributed by atoms with E-state index in [1.807, 2.05) is 0 Å². The summed E-state index contributed by atoms with van der Waals surface area (Å²) in [6.45, 7) is 6.98. The average Bonchev–Trinajstić information content (AvgIpc) is 2.36. The van der Waals surface area contributed by atoms with E-state index in [0.717, 1.165) is 19.2 Å². The van der Waals surface area contributed by atoms with Crippen LogP contribution in [0.2, 0.25) is 0 Å². The predicted octanol–water partition coefficient (Wildman–Crippen LogP) is 2.86. The summed E-state index contributed by atoms with van der Waals surface area (Å²) in [6, 6.07) is 1.53. The molecule has 0 spiro atoms. The van der Waals surface area contributed by atoms with Crippen LogP contribution in [-0.4, -0.2) is 22.0 Å². The number of methoxy groups -OCH3 is 1. The third-order valence-corrected chi connectivity index (χ3v) is 4.47. The van der Waals surface area contributed by atoms with Gasteiger partial charge >= 0.3 is 5.97 Å². The fraction of sp³-hybridized carbons (Fsp3) is 0.500. The van der Waals surface area contributed by atoms with Gasteiger partial charge in [0.25, 0.3) is 0 Å². The van der Waals surface area contributed by atoms with Crippen molar-refractivity contribution in [3.05, 3.63) is 34.9 Å². The van der Waals surface area contributed by atoms with Crippen molar-refractivity contribution in [2.45, 2.75) is 38.5 Å². The number of carbonyl (C=O) groups is 1. The van der Waals surface area contributed by atoms with E-state index in [1.165, 1.54) is 0 Å². The Morgan fingerprint density at radius 2 is 1.76 bits per heavy atom. The molecule has 1 aromatic carbocycles. The second-order valence-electron chi connectivity index (χ2n) is 5.57. The van der Waals surface area contributed by atoms with Gasteiger partial charge in [-0.25, -0.2) is 22.5 Å². The molecule has 1 N–H and O–H groups in total. The molecule has 0 aliphatic heterocycles. The Hall–Kier alpha value is -1.34. The molecule has 7 heteroatoms. The lowest BCUT2D eigenvalue weighted by Crippen LogP contribution is -2.34. The van der Waals surface area contributed by atoms with Gasteiger partial charge in [-0.05, 0) is 45.4 Å². The van der Waals surface area contributed by atoms with Crippen LogP contribution >= 0.6 is 0 Å². The molecule has 0 aliphatic carbocycles. The number of benzene rings is 1. The lowest BCUT2D eigenvalue weighted by Gasteiger charge is -2.22. The third kappa shape index (κ3) is 4.31. The summed E-state index contributed by atoms with van der Waals surface area (Å²) in [6.07, 6.45) is 0. The third-order valence-electron chi connectivity index (χ3n) is 2.79. The first-order valence-corrected chi connectivity index (χ1v) is 7.48. The molecule has 2 atom stereocenters. The van der Waals surface area contributed by atoms with Crippen molar-refractivity contribution in [2.24, 2.45) is 0 Å². The Kier molecular flexibility index (Phi) is 5.58. The summed E-state index contributed by atoms with van der Waals surface area (Å²) < 4.78 is 46.2. The maximum Gasteiger partial charge on any atom is 0.343 e. The Bertz CT molecular complexity index is 547. The molecule has 0 aromatic heterocycles. The lowest BCUT2D eigenvalue weighted by atomic mass is 10.1. The molecule has 0 amide bonds. The average molecular weight is 319 g/mol. The van der Waals surface area contributed by atoms with Crippen LogP contribution in [-0.2, 0) is 15.7 Å². The van der Waals surface area contributed by atoms with E-state index in [9.17, 15) is 17.8 Å². The molecule has 118 valence electrons. The van der Waals surface area contributed by atoms with Crippen LogP contribution in [0, 0.1) is 11.6 Å². The van der Waals surface area contributed by atoms with Gasteiger partial charge in [0.15, 0.2) is 0 Å². The quantitative estimate of drug-likeness (QED) is 0.868. The number of halogens is 2. The molecule has 0 radical (unpaired) electrons. The summed E-state index contributed by atoms with van der Waals surface area (Å²) >= 11 is 0. The summed E-state index contributed by atoms with van der Waals surface area (Å²) in [7, 11) is -0.336. The van der Waals surface area contributed by atoms with Crippen molar-refractivity contribution in [3.8, 4) is 0 Å². The standard InChI is InChI=1S/C14H19F2NO3S/c1-8(17-21(19)14(2,3)4)9-6-10(15)12(11(16)7-9)13(18)20-5/h6-8,17H,1-5H3/t8?,21-/m1/s1. The van der Waals surface area contributed by atoms with Crippen molar-refractivity contribution in [2.75, 3.05) is 7.11 Å². The first-order chi connectivity index (χ1) is 9.57. The van der Waals surface area contributed by atoms with Crippen LogP contribution in [0.4, 0.5) is 8.78 Å². The molecule has 0 bridgehead atoms. The van der Waals surface area contributed by atoms with E-state index in [1.54, 1.807) is 27.7 Å². The van der Waals surface area contributed by atoms with Crippen molar-refractivity contribution in [1.29, 1.82) is 0 Å². The number of hydrogen-bond acceptors (Lipinski definition) is 3. The van der Waals surface area contributed by atoms with Gasteiger partial charge in [-0.3, -0.25) is 0 Å². The van der Waals surface area contributed by atoms with E-state index in [4.69, 9.17) is 0 Å². The first kappa shape index (κ1) is 17.7. The Balaban J connectivity index is 3.06. The van der Waals surface area contributed by atoms with Gasteiger partial charge in [-0.15, -0.1) is 0 Å². The van der Waals surface area contributed by atoms with Gasteiger partial charge in [0.05, 0.1) is 22.8 Å². The minimum Gasteiger partial charge on any atom is -0.465 e. The topological polar surface area (TPSA) is 55.4 Å². The summed E-state index contributed by atoms with van der Waals surface area (Å²) in [5.74, 6) is -3.09. The molecule has 0 fully saturated rings. The minimum absolute atomic E-state index is 0.259. The highest BCUT2D eigenvalue weighted by molar-refractivity contribution is 7.84. The van der Waals surface area contributed by atoms with E-state index < -0.39 is 44.9 Å². The Morgan fingerprint density at radius 1 is 1.29 bits per heavy atom. The van der Waals surface area contributed by atoms with E-state index in [-0.39, 0.29) is 5.56 Å². The molecule has 1 unspecified atom stereocenters. The predicted molar refractivity (Wildman–Crippen MR) is 77.1 cm³/mol. The van der Waals surface area contributed by atoms with Gasteiger partial charge in [0.1, 0.15) is 17.2 Å². The molecule has 0 saturated carbocycles. The number of esters is 1. The van der Waals surface area contributed by atoms with Gasteiger partial charge in [-0.2, -0.15) is 0 Å². The smallest absolute Gasteiger partial charge is 0.343 e. The van der Waals surface area contributed by atoms with E-state index in [0.29, 0.717) is 0 Å². The molecule has 4 nitrogen and oxygen atoms in total. The highest BCUT2D eigenvalue weighted by Gasteiger charge is 2.24. The fourth-order valence-corrected chi connectivity index (χ4v) is 2.36. The number of ether oxygens (including phenoxy) is 1.